The summed E-state index contributed by atoms with van der Waals surface area (Å²) in [6.07, 6.45) is 0.735. The van der Waals surface area contributed by atoms with E-state index in [4.69, 9.17) is 9.47 Å². The van der Waals surface area contributed by atoms with Crippen LogP contribution in [-0.4, -0.2) is 27.8 Å². The molecule has 156 valence electrons. The average Bonchev–Trinajstić information content (AvgIpc) is 3.04. The van der Waals surface area contributed by atoms with Crippen molar-refractivity contribution in [2.45, 2.75) is 33.3 Å². The molecule has 0 spiro atoms. The predicted molar refractivity (Wildman–Crippen MR) is 111 cm³/mol. The molecule has 0 aliphatic rings. The number of nitro groups is 1. The number of nitro benzene ring substituents is 1. The minimum atomic E-state index is -0.466. The van der Waals surface area contributed by atoms with Gasteiger partial charge in [-0.3, -0.25) is 14.9 Å². The maximum absolute atomic E-state index is 12.2. The van der Waals surface area contributed by atoms with Crippen LogP contribution >= 0.6 is 0 Å². The van der Waals surface area contributed by atoms with Gasteiger partial charge >= 0.3 is 5.97 Å². The third-order valence-electron chi connectivity index (χ3n) is 4.87. The minimum Gasteiger partial charge on any atom is -0.497 e. The second kappa shape index (κ2) is 9.21. The smallest absolute Gasteiger partial charge is 0.306 e. The van der Waals surface area contributed by atoms with E-state index in [1.165, 1.54) is 12.1 Å². The second-order valence-corrected chi connectivity index (χ2v) is 6.85. The lowest BCUT2D eigenvalue weighted by Crippen LogP contribution is -2.07. The molecule has 0 saturated carbocycles. The van der Waals surface area contributed by atoms with E-state index in [1.54, 1.807) is 19.2 Å². The van der Waals surface area contributed by atoms with E-state index in [0.717, 1.165) is 28.4 Å². The molecule has 8 nitrogen and oxygen atoms in total. The molecule has 0 N–H and O–H groups in total. The van der Waals surface area contributed by atoms with E-state index in [1.807, 2.05) is 42.8 Å². The third kappa shape index (κ3) is 4.83. The average molecular weight is 409 g/mol. The Balaban J connectivity index is 1.60. The van der Waals surface area contributed by atoms with Gasteiger partial charge < -0.3 is 9.47 Å². The first kappa shape index (κ1) is 21.0. The molecule has 0 amide bonds. The van der Waals surface area contributed by atoms with Crippen LogP contribution in [0.2, 0.25) is 0 Å². The van der Waals surface area contributed by atoms with Crippen LogP contribution in [0.3, 0.4) is 0 Å². The zero-order valence-electron chi connectivity index (χ0n) is 17.1. The summed E-state index contributed by atoms with van der Waals surface area (Å²) in [7, 11) is 1.62. The zero-order valence-corrected chi connectivity index (χ0v) is 17.1. The first-order chi connectivity index (χ1) is 14.4. The molecule has 30 heavy (non-hydrogen) atoms. The number of ether oxygens (including phenoxy) is 2. The largest absolute Gasteiger partial charge is 0.497 e. The minimum absolute atomic E-state index is 0.00377. The van der Waals surface area contributed by atoms with Gasteiger partial charge in [0, 0.05) is 30.3 Å². The highest BCUT2D eigenvalue weighted by Crippen LogP contribution is 2.22. The van der Waals surface area contributed by atoms with Crippen molar-refractivity contribution in [2.24, 2.45) is 0 Å². The van der Waals surface area contributed by atoms with Gasteiger partial charge in [0.25, 0.3) is 5.69 Å². The maximum atomic E-state index is 12.2. The van der Waals surface area contributed by atoms with Crippen LogP contribution in [0.4, 0.5) is 5.69 Å². The van der Waals surface area contributed by atoms with Crippen molar-refractivity contribution in [1.82, 2.24) is 9.78 Å². The fourth-order valence-corrected chi connectivity index (χ4v) is 3.21. The first-order valence-electron chi connectivity index (χ1n) is 9.47. The van der Waals surface area contributed by atoms with Crippen LogP contribution in [0.15, 0.2) is 48.5 Å². The van der Waals surface area contributed by atoms with Crippen molar-refractivity contribution in [3.05, 3.63) is 81.2 Å². The van der Waals surface area contributed by atoms with Gasteiger partial charge in [-0.2, -0.15) is 5.10 Å². The van der Waals surface area contributed by atoms with Gasteiger partial charge in [-0.15, -0.1) is 0 Å². The molecule has 1 heterocycles. The lowest BCUT2D eigenvalue weighted by atomic mass is 10.1. The summed E-state index contributed by atoms with van der Waals surface area (Å²) in [6, 6.07) is 13.6. The van der Waals surface area contributed by atoms with Crippen molar-refractivity contribution in [3.63, 3.8) is 0 Å². The molecule has 0 aliphatic heterocycles. The molecular formula is C22H23N3O5. The number of benzene rings is 2. The number of carbonyl (C=O) groups excluding carboxylic acids is 1. The summed E-state index contributed by atoms with van der Waals surface area (Å²) in [5.41, 5.74) is 4.42. The molecule has 0 atom stereocenters. The van der Waals surface area contributed by atoms with Gasteiger partial charge in [-0.25, -0.2) is 4.68 Å². The van der Waals surface area contributed by atoms with E-state index in [2.05, 4.69) is 5.10 Å². The maximum Gasteiger partial charge on any atom is 0.306 e. The zero-order chi connectivity index (χ0) is 21.7. The molecule has 3 rings (SSSR count). The van der Waals surface area contributed by atoms with E-state index in [-0.39, 0.29) is 24.7 Å². The highest BCUT2D eigenvalue weighted by molar-refractivity contribution is 5.69. The number of hydrogen-bond acceptors (Lipinski definition) is 6. The monoisotopic (exact) mass is 409 g/mol. The number of methoxy groups -OCH3 is 1. The number of aromatic nitrogens is 2. The van der Waals surface area contributed by atoms with Crippen LogP contribution in [0.5, 0.6) is 5.75 Å². The number of rotatable bonds is 8. The second-order valence-electron chi connectivity index (χ2n) is 6.85. The van der Waals surface area contributed by atoms with Gasteiger partial charge in [-0.05, 0) is 55.7 Å². The first-order valence-corrected chi connectivity index (χ1v) is 9.47. The number of non-ortho nitro benzene ring substituents is 1. The molecule has 3 aromatic rings. The molecule has 8 heteroatoms. The molecule has 1 aromatic heterocycles. The van der Waals surface area contributed by atoms with E-state index < -0.39 is 4.92 Å². The SMILES string of the molecule is COc1cccc(-n2nc(C)c(CCC(=O)OCc3ccc([N+](=O)[O-])cc3)c2C)c1. The summed E-state index contributed by atoms with van der Waals surface area (Å²) in [5, 5.41) is 15.3. The summed E-state index contributed by atoms with van der Waals surface area (Å²) in [6.45, 7) is 3.97. The van der Waals surface area contributed by atoms with Gasteiger partial charge in [0.1, 0.15) is 12.4 Å². The molecule has 0 unspecified atom stereocenters. The lowest BCUT2D eigenvalue weighted by Gasteiger charge is -2.08. The Morgan fingerprint density at radius 1 is 1.17 bits per heavy atom. The predicted octanol–water partition coefficient (Wildman–Crippen LogP) is 4.08. The van der Waals surface area contributed by atoms with Gasteiger partial charge in [0.15, 0.2) is 0 Å². The Kier molecular flexibility index (Phi) is 6.46. The van der Waals surface area contributed by atoms with Crippen molar-refractivity contribution in [3.8, 4) is 11.4 Å². The molecule has 0 aliphatic carbocycles. The summed E-state index contributed by atoms with van der Waals surface area (Å²) >= 11 is 0. The Bertz CT molecular complexity index is 1060. The fourth-order valence-electron chi connectivity index (χ4n) is 3.21. The number of nitrogens with zero attached hydrogens (tertiary/aromatic N) is 3. The van der Waals surface area contributed by atoms with Crippen LogP contribution in [0, 0.1) is 24.0 Å². The Morgan fingerprint density at radius 2 is 1.90 bits per heavy atom. The summed E-state index contributed by atoms with van der Waals surface area (Å²) in [4.78, 5) is 22.4. The Labute approximate surface area is 174 Å². The number of esters is 1. The Hall–Kier alpha value is -3.68. The van der Waals surface area contributed by atoms with Gasteiger partial charge in [0.05, 0.1) is 23.4 Å². The quantitative estimate of drug-likeness (QED) is 0.316. The summed E-state index contributed by atoms with van der Waals surface area (Å²) in [5.74, 6) is 0.415. The van der Waals surface area contributed by atoms with E-state index in [9.17, 15) is 14.9 Å². The van der Waals surface area contributed by atoms with Gasteiger partial charge in [0.2, 0.25) is 0 Å². The fraction of sp³-hybridized carbons (Fsp3) is 0.273. The highest BCUT2D eigenvalue weighted by Gasteiger charge is 2.15. The topological polar surface area (TPSA) is 96.5 Å². The summed E-state index contributed by atoms with van der Waals surface area (Å²) < 4.78 is 12.4. The van der Waals surface area contributed by atoms with Crippen molar-refractivity contribution in [2.75, 3.05) is 7.11 Å². The standard InChI is InChI=1S/C22H23N3O5/c1-15-21(16(2)24(23-15)19-5-4-6-20(13-19)29-3)11-12-22(26)30-14-17-7-9-18(10-8-17)25(27)28/h4-10,13H,11-12,14H2,1-3H3. The lowest BCUT2D eigenvalue weighted by molar-refractivity contribution is -0.384. The van der Waals surface area contributed by atoms with Crippen molar-refractivity contribution < 1.29 is 19.2 Å². The third-order valence-corrected chi connectivity index (χ3v) is 4.87. The molecule has 0 fully saturated rings. The molecule has 0 bridgehead atoms. The molecular weight excluding hydrogens is 386 g/mol. The molecule has 0 radical (unpaired) electrons. The number of hydrogen-bond donors (Lipinski definition) is 0. The van der Waals surface area contributed by atoms with Crippen LogP contribution in [-0.2, 0) is 22.6 Å². The van der Waals surface area contributed by atoms with Crippen LogP contribution < -0.4 is 4.74 Å². The molecule has 2 aromatic carbocycles. The van der Waals surface area contributed by atoms with Gasteiger partial charge in [-0.1, -0.05) is 6.07 Å². The Morgan fingerprint density at radius 3 is 2.57 bits per heavy atom. The van der Waals surface area contributed by atoms with Crippen LogP contribution in [0.25, 0.3) is 5.69 Å². The molecule has 0 saturated heterocycles. The van der Waals surface area contributed by atoms with Crippen LogP contribution in [0.1, 0.15) is 28.9 Å². The van der Waals surface area contributed by atoms with E-state index in [0.29, 0.717) is 12.0 Å². The number of aryl methyl sites for hydroxylation is 1. The van der Waals surface area contributed by atoms with Crippen molar-refractivity contribution >= 4 is 11.7 Å². The van der Waals surface area contributed by atoms with Crippen molar-refractivity contribution in [1.29, 1.82) is 0 Å². The number of carbonyl (C=O) groups is 1. The van der Waals surface area contributed by atoms with E-state index >= 15 is 0 Å². The normalized spacial score (nSPS) is 10.6. The highest BCUT2D eigenvalue weighted by atomic mass is 16.6.